The van der Waals surface area contributed by atoms with Gasteiger partial charge in [0.1, 0.15) is 5.75 Å². The highest BCUT2D eigenvalue weighted by molar-refractivity contribution is 7.98. The third-order valence-electron chi connectivity index (χ3n) is 4.13. The molecule has 0 unspecified atom stereocenters. The van der Waals surface area contributed by atoms with E-state index in [4.69, 9.17) is 4.74 Å². The number of aromatic nitrogens is 1. The zero-order valence-corrected chi connectivity index (χ0v) is 14.7. The van der Waals surface area contributed by atoms with Crippen LogP contribution in [0.15, 0.2) is 41.3 Å². The lowest BCUT2D eigenvalue weighted by Gasteiger charge is -2.05. The maximum atomic E-state index is 11.4. The van der Waals surface area contributed by atoms with Crippen LogP contribution in [-0.2, 0) is 11.2 Å². The van der Waals surface area contributed by atoms with E-state index in [1.807, 2.05) is 49.6 Å². The van der Waals surface area contributed by atoms with Crippen molar-refractivity contribution < 1.29 is 14.6 Å². The van der Waals surface area contributed by atoms with Gasteiger partial charge < -0.3 is 14.8 Å². The first kappa shape index (κ1) is 16.5. The minimum absolute atomic E-state index is 0.0355. The number of aromatic amines is 1. The number of H-pyrrole nitrogens is 1. The van der Waals surface area contributed by atoms with Crippen LogP contribution in [0.5, 0.6) is 5.75 Å². The highest BCUT2D eigenvalue weighted by Crippen LogP contribution is 2.35. The molecule has 0 spiro atoms. The van der Waals surface area contributed by atoms with Crippen molar-refractivity contribution in [1.82, 2.24) is 4.98 Å². The van der Waals surface area contributed by atoms with Gasteiger partial charge in [-0.1, -0.05) is 12.1 Å². The minimum Gasteiger partial charge on any atom is -0.497 e. The van der Waals surface area contributed by atoms with Gasteiger partial charge in [0.15, 0.2) is 0 Å². The van der Waals surface area contributed by atoms with Crippen LogP contribution in [0.1, 0.15) is 11.1 Å². The number of carboxylic acids is 1. The molecule has 124 valence electrons. The molecule has 5 heteroatoms. The van der Waals surface area contributed by atoms with Crippen molar-refractivity contribution in [2.45, 2.75) is 18.2 Å². The monoisotopic (exact) mass is 341 g/mol. The Morgan fingerprint density at radius 2 is 1.96 bits per heavy atom. The number of ether oxygens (including phenoxy) is 1. The molecule has 0 atom stereocenters. The maximum absolute atomic E-state index is 11.4. The fraction of sp³-hybridized carbons (Fsp3) is 0.211. The summed E-state index contributed by atoms with van der Waals surface area (Å²) in [5.41, 5.74) is 4.62. The maximum Gasteiger partial charge on any atom is 0.307 e. The number of carboxylic acid groups (broad SMARTS) is 1. The summed E-state index contributed by atoms with van der Waals surface area (Å²) in [6.45, 7) is 1.99. The van der Waals surface area contributed by atoms with Gasteiger partial charge in [0.25, 0.3) is 0 Å². The van der Waals surface area contributed by atoms with E-state index in [9.17, 15) is 9.90 Å². The van der Waals surface area contributed by atoms with Crippen molar-refractivity contribution in [2.24, 2.45) is 0 Å². The van der Waals surface area contributed by atoms with Crippen molar-refractivity contribution in [3.05, 3.63) is 47.5 Å². The Morgan fingerprint density at radius 1 is 1.25 bits per heavy atom. The number of carbonyl (C=O) groups is 1. The average molecular weight is 341 g/mol. The zero-order valence-electron chi connectivity index (χ0n) is 13.8. The quantitative estimate of drug-likeness (QED) is 0.671. The Bertz CT molecular complexity index is 897. The second-order valence-electron chi connectivity index (χ2n) is 5.64. The molecule has 3 aromatic rings. The molecule has 24 heavy (non-hydrogen) atoms. The first-order chi connectivity index (χ1) is 11.5. The van der Waals surface area contributed by atoms with Gasteiger partial charge in [-0.3, -0.25) is 4.79 Å². The van der Waals surface area contributed by atoms with Crippen LogP contribution in [0.4, 0.5) is 0 Å². The fourth-order valence-corrected chi connectivity index (χ4v) is 3.36. The number of aliphatic carboxylic acids is 1. The standard InChI is InChI=1S/C19H19NO3S/c1-11-8-13(23-2)9-15-16(10-17(21)22)19(20-18(11)15)12-4-6-14(24-3)7-5-12/h4-9,20H,10H2,1-3H3,(H,21,22). The summed E-state index contributed by atoms with van der Waals surface area (Å²) in [5.74, 6) is -0.117. The normalized spacial score (nSPS) is 11.0. The molecule has 0 aliphatic carbocycles. The Balaban J connectivity index is 2.25. The lowest BCUT2D eigenvalue weighted by atomic mass is 10.0. The van der Waals surface area contributed by atoms with E-state index < -0.39 is 5.97 Å². The van der Waals surface area contributed by atoms with E-state index in [1.54, 1.807) is 18.9 Å². The third-order valence-corrected chi connectivity index (χ3v) is 4.87. The summed E-state index contributed by atoms with van der Waals surface area (Å²) in [5, 5.41) is 10.2. The number of rotatable bonds is 5. The second kappa shape index (κ2) is 6.61. The van der Waals surface area contributed by atoms with Gasteiger partial charge in [0.2, 0.25) is 0 Å². The fourth-order valence-electron chi connectivity index (χ4n) is 2.95. The number of nitrogens with one attached hydrogen (secondary N) is 1. The van der Waals surface area contributed by atoms with Crippen molar-refractivity contribution in [2.75, 3.05) is 13.4 Å². The average Bonchev–Trinajstić information content (AvgIpc) is 2.93. The van der Waals surface area contributed by atoms with Crippen molar-refractivity contribution in [3.63, 3.8) is 0 Å². The summed E-state index contributed by atoms with van der Waals surface area (Å²) < 4.78 is 5.34. The molecular formula is C19H19NO3S. The molecule has 2 N–H and O–H groups in total. The number of hydrogen-bond donors (Lipinski definition) is 2. The van der Waals surface area contributed by atoms with Crippen LogP contribution in [0.25, 0.3) is 22.2 Å². The summed E-state index contributed by atoms with van der Waals surface area (Å²) >= 11 is 1.68. The van der Waals surface area contributed by atoms with Crippen molar-refractivity contribution in [1.29, 1.82) is 0 Å². The van der Waals surface area contributed by atoms with E-state index in [1.165, 1.54) is 4.90 Å². The molecule has 0 aliphatic rings. The van der Waals surface area contributed by atoms with Crippen molar-refractivity contribution >= 4 is 28.6 Å². The van der Waals surface area contributed by atoms with Gasteiger partial charge in [-0.2, -0.15) is 0 Å². The van der Waals surface area contributed by atoms with E-state index in [2.05, 4.69) is 4.98 Å². The topological polar surface area (TPSA) is 62.3 Å². The lowest BCUT2D eigenvalue weighted by molar-refractivity contribution is -0.136. The SMILES string of the molecule is COc1cc(C)c2[nH]c(-c3ccc(SC)cc3)c(CC(=O)O)c2c1. The Labute approximate surface area is 144 Å². The molecule has 0 saturated carbocycles. The minimum atomic E-state index is -0.849. The highest BCUT2D eigenvalue weighted by Gasteiger charge is 2.18. The highest BCUT2D eigenvalue weighted by atomic mass is 32.2. The van der Waals surface area contributed by atoms with E-state index in [-0.39, 0.29) is 6.42 Å². The molecule has 1 aromatic heterocycles. The predicted molar refractivity (Wildman–Crippen MR) is 98.1 cm³/mol. The van der Waals surface area contributed by atoms with Gasteiger partial charge in [-0.15, -0.1) is 11.8 Å². The molecule has 3 rings (SSSR count). The van der Waals surface area contributed by atoms with Gasteiger partial charge in [0, 0.05) is 15.8 Å². The van der Waals surface area contributed by atoms with E-state index >= 15 is 0 Å². The molecule has 2 aromatic carbocycles. The number of benzene rings is 2. The number of aryl methyl sites for hydroxylation is 1. The van der Waals surface area contributed by atoms with Crippen LogP contribution >= 0.6 is 11.8 Å². The lowest BCUT2D eigenvalue weighted by Crippen LogP contribution is -2.01. The third kappa shape index (κ3) is 2.99. The van der Waals surface area contributed by atoms with Gasteiger partial charge in [-0.05, 0) is 54.1 Å². The first-order valence-electron chi connectivity index (χ1n) is 7.59. The number of hydrogen-bond acceptors (Lipinski definition) is 3. The molecule has 0 radical (unpaired) electrons. The largest absolute Gasteiger partial charge is 0.497 e. The summed E-state index contributed by atoms with van der Waals surface area (Å²) in [6, 6.07) is 12.0. The Kier molecular flexibility index (Phi) is 4.53. The summed E-state index contributed by atoms with van der Waals surface area (Å²) in [6.07, 6.45) is 2.00. The van der Waals surface area contributed by atoms with Crippen LogP contribution in [0, 0.1) is 6.92 Å². The van der Waals surface area contributed by atoms with Gasteiger partial charge >= 0.3 is 5.97 Å². The molecule has 1 heterocycles. The first-order valence-corrected chi connectivity index (χ1v) is 8.81. The number of thioether (sulfide) groups is 1. The summed E-state index contributed by atoms with van der Waals surface area (Å²) in [7, 11) is 1.62. The van der Waals surface area contributed by atoms with E-state index in [0.717, 1.165) is 39.0 Å². The van der Waals surface area contributed by atoms with Gasteiger partial charge in [-0.25, -0.2) is 0 Å². The van der Waals surface area contributed by atoms with Crippen LogP contribution in [0.3, 0.4) is 0 Å². The molecule has 4 nitrogen and oxygen atoms in total. The zero-order chi connectivity index (χ0) is 17.3. The van der Waals surface area contributed by atoms with E-state index in [0.29, 0.717) is 0 Å². The molecule has 0 bridgehead atoms. The number of methoxy groups -OCH3 is 1. The van der Waals surface area contributed by atoms with Gasteiger partial charge in [0.05, 0.1) is 19.2 Å². The molecular weight excluding hydrogens is 322 g/mol. The number of fused-ring (bicyclic) bond motifs is 1. The Morgan fingerprint density at radius 3 is 2.54 bits per heavy atom. The summed E-state index contributed by atoms with van der Waals surface area (Å²) in [4.78, 5) is 16.0. The van der Waals surface area contributed by atoms with Crippen LogP contribution in [-0.4, -0.2) is 29.4 Å². The van der Waals surface area contributed by atoms with Crippen LogP contribution < -0.4 is 4.74 Å². The molecule has 0 saturated heterocycles. The molecule has 0 aliphatic heterocycles. The van der Waals surface area contributed by atoms with Crippen LogP contribution in [0.2, 0.25) is 0 Å². The predicted octanol–water partition coefficient (Wildman–Crippen LogP) is 4.50. The molecule has 0 fully saturated rings. The Hall–Kier alpha value is -2.40. The molecule has 0 amide bonds. The second-order valence-corrected chi connectivity index (χ2v) is 6.52. The smallest absolute Gasteiger partial charge is 0.307 e. The van der Waals surface area contributed by atoms with Crippen molar-refractivity contribution in [3.8, 4) is 17.0 Å².